The Kier molecular flexibility index (Phi) is 6.27. The monoisotopic (exact) mass is 286 g/mol. The molecule has 1 aromatic rings. The lowest BCUT2D eigenvalue weighted by Crippen LogP contribution is -2.42. The van der Waals surface area contributed by atoms with Gasteiger partial charge in [-0.15, -0.1) is 0 Å². The molecule has 1 rings (SSSR count). The molecule has 0 aliphatic heterocycles. The molecule has 6 heteroatoms. The van der Waals surface area contributed by atoms with Crippen LogP contribution in [-0.2, 0) is 4.79 Å². The number of anilines is 1. The SMILES string of the molecule is CSCC(C)(O)CNCC(=O)Nc1ccc(F)cc1. The number of carbonyl (C=O) groups excluding carboxylic acids is 1. The summed E-state index contributed by atoms with van der Waals surface area (Å²) in [6, 6.07) is 5.56. The molecule has 0 aliphatic carbocycles. The Morgan fingerprint density at radius 3 is 2.63 bits per heavy atom. The molecule has 1 amide bonds. The van der Waals surface area contributed by atoms with Crippen molar-refractivity contribution in [1.29, 1.82) is 0 Å². The lowest BCUT2D eigenvalue weighted by Gasteiger charge is -2.22. The molecular formula is C13H19FN2O2S. The third-order valence-corrected chi connectivity index (χ3v) is 3.29. The average molecular weight is 286 g/mol. The van der Waals surface area contributed by atoms with Crippen LogP contribution in [0.2, 0.25) is 0 Å². The van der Waals surface area contributed by atoms with Crippen LogP contribution in [0.3, 0.4) is 0 Å². The van der Waals surface area contributed by atoms with Crippen LogP contribution in [0.5, 0.6) is 0 Å². The topological polar surface area (TPSA) is 61.4 Å². The normalized spacial score (nSPS) is 13.9. The number of halogens is 1. The summed E-state index contributed by atoms with van der Waals surface area (Å²) >= 11 is 1.55. The second-order valence-corrected chi connectivity index (χ2v) is 5.45. The quantitative estimate of drug-likeness (QED) is 0.710. The summed E-state index contributed by atoms with van der Waals surface area (Å²) in [5.74, 6) is 0.0235. The van der Waals surface area contributed by atoms with Crippen molar-refractivity contribution in [1.82, 2.24) is 5.32 Å². The summed E-state index contributed by atoms with van der Waals surface area (Å²) < 4.78 is 12.7. The lowest BCUT2D eigenvalue weighted by molar-refractivity contribution is -0.115. The van der Waals surface area contributed by atoms with Crippen molar-refractivity contribution in [2.75, 3.05) is 30.4 Å². The van der Waals surface area contributed by atoms with Gasteiger partial charge in [0, 0.05) is 18.0 Å². The fourth-order valence-corrected chi connectivity index (χ4v) is 2.27. The fourth-order valence-electron chi connectivity index (χ4n) is 1.55. The first-order valence-corrected chi connectivity index (χ1v) is 7.30. The maximum Gasteiger partial charge on any atom is 0.238 e. The molecule has 1 unspecified atom stereocenters. The molecule has 0 saturated heterocycles. The van der Waals surface area contributed by atoms with Crippen molar-refractivity contribution in [2.24, 2.45) is 0 Å². The van der Waals surface area contributed by atoms with Gasteiger partial charge >= 0.3 is 0 Å². The highest BCUT2D eigenvalue weighted by Gasteiger charge is 2.19. The van der Waals surface area contributed by atoms with E-state index >= 15 is 0 Å². The van der Waals surface area contributed by atoms with E-state index in [1.807, 2.05) is 6.26 Å². The van der Waals surface area contributed by atoms with Gasteiger partial charge in [-0.25, -0.2) is 4.39 Å². The van der Waals surface area contributed by atoms with Crippen LogP contribution in [0, 0.1) is 5.82 Å². The van der Waals surface area contributed by atoms with Crippen LogP contribution in [0.1, 0.15) is 6.92 Å². The van der Waals surface area contributed by atoms with Crippen molar-refractivity contribution in [2.45, 2.75) is 12.5 Å². The number of benzene rings is 1. The fraction of sp³-hybridized carbons (Fsp3) is 0.462. The molecule has 0 fully saturated rings. The summed E-state index contributed by atoms with van der Waals surface area (Å²) in [7, 11) is 0. The third-order valence-electron chi connectivity index (χ3n) is 2.37. The van der Waals surface area contributed by atoms with Gasteiger partial charge < -0.3 is 15.7 Å². The van der Waals surface area contributed by atoms with Gasteiger partial charge in [-0.2, -0.15) is 11.8 Å². The smallest absolute Gasteiger partial charge is 0.238 e. The molecule has 3 N–H and O–H groups in total. The number of aliphatic hydroxyl groups is 1. The van der Waals surface area contributed by atoms with Crippen LogP contribution < -0.4 is 10.6 Å². The molecule has 0 radical (unpaired) electrons. The minimum absolute atomic E-state index is 0.0991. The molecule has 0 spiro atoms. The van der Waals surface area contributed by atoms with E-state index < -0.39 is 5.60 Å². The second-order valence-electron chi connectivity index (χ2n) is 4.59. The number of amides is 1. The summed E-state index contributed by atoms with van der Waals surface area (Å²) in [6.45, 7) is 2.15. The Morgan fingerprint density at radius 2 is 2.05 bits per heavy atom. The van der Waals surface area contributed by atoms with E-state index in [1.165, 1.54) is 24.3 Å². The molecule has 0 heterocycles. The van der Waals surface area contributed by atoms with Crippen molar-refractivity contribution in [3.8, 4) is 0 Å². The molecule has 0 bridgehead atoms. The summed E-state index contributed by atoms with van der Waals surface area (Å²) in [5, 5.41) is 15.4. The average Bonchev–Trinajstić information content (AvgIpc) is 2.31. The van der Waals surface area contributed by atoms with E-state index in [1.54, 1.807) is 18.7 Å². The van der Waals surface area contributed by atoms with Gasteiger partial charge in [0.1, 0.15) is 5.82 Å². The van der Waals surface area contributed by atoms with E-state index in [9.17, 15) is 14.3 Å². The summed E-state index contributed by atoms with van der Waals surface area (Å²) in [4.78, 5) is 11.6. The van der Waals surface area contributed by atoms with E-state index in [2.05, 4.69) is 10.6 Å². The molecule has 0 saturated carbocycles. The van der Waals surface area contributed by atoms with Gasteiger partial charge in [0.05, 0.1) is 12.1 Å². The number of rotatable bonds is 7. The van der Waals surface area contributed by atoms with Crippen molar-refractivity contribution < 1.29 is 14.3 Å². The van der Waals surface area contributed by atoms with Gasteiger partial charge in [0.25, 0.3) is 0 Å². The van der Waals surface area contributed by atoms with Crippen molar-refractivity contribution >= 4 is 23.4 Å². The predicted molar refractivity (Wildman–Crippen MR) is 76.9 cm³/mol. The predicted octanol–water partition coefficient (Wildman–Crippen LogP) is 1.47. The molecule has 106 valence electrons. The highest BCUT2D eigenvalue weighted by molar-refractivity contribution is 7.98. The first-order valence-electron chi connectivity index (χ1n) is 5.90. The first kappa shape index (κ1) is 15.9. The Morgan fingerprint density at radius 1 is 1.42 bits per heavy atom. The van der Waals surface area contributed by atoms with Crippen LogP contribution in [0.15, 0.2) is 24.3 Å². The van der Waals surface area contributed by atoms with Crippen molar-refractivity contribution in [3.05, 3.63) is 30.1 Å². The summed E-state index contributed by atoms with van der Waals surface area (Å²) in [5.41, 5.74) is -0.292. The van der Waals surface area contributed by atoms with Gasteiger partial charge in [0.15, 0.2) is 0 Å². The highest BCUT2D eigenvalue weighted by atomic mass is 32.2. The molecule has 0 aromatic heterocycles. The molecule has 4 nitrogen and oxygen atoms in total. The maximum atomic E-state index is 12.7. The number of carbonyl (C=O) groups is 1. The van der Waals surface area contributed by atoms with E-state index in [0.717, 1.165) is 0 Å². The molecule has 19 heavy (non-hydrogen) atoms. The zero-order valence-electron chi connectivity index (χ0n) is 11.1. The minimum atomic E-state index is -0.838. The van der Waals surface area contributed by atoms with E-state index in [-0.39, 0.29) is 18.3 Å². The molecule has 0 aliphatic rings. The molecule has 1 aromatic carbocycles. The Balaban J connectivity index is 2.30. The second kappa shape index (κ2) is 7.47. The van der Waals surface area contributed by atoms with Gasteiger partial charge in [-0.05, 0) is 37.4 Å². The lowest BCUT2D eigenvalue weighted by atomic mass is 10.1. The standard InChI is InChI=1S/C13H19FN2O2S/c1-13(18,9-19-2)8-15-7-12(17)16-11-5-3-10(14)4-6-11/h3-6,15,18H,7-9H2,1-2H3,(H,16,17). The van der Waals surface area contributed by atoms with E-state index in [0.29, 0.717) is 18.0 Å². The van der Waals surface area contributed by atoms with Gasteiger partial charge in [0.2, 0.25) is 5.91 Å². The molecule has 1 atom stereocenters. The number of hydrogen-bond donors (Lipinski definition) is 3. The Labute approximate surface area is 116 Å². The Bertz CT molecular complexity index is 410. The van der Waals surface area contributed by atoms with Crippen LogP contribution in [0.4, 0.5) is 10.1 Å². The number of nitrogens with one attached hydrogen (secondary N) is 2. The van der Waals surface area contributed by atoms with Crippen molar-refractivity contribution in [3.63, 3.8) is 0 Å². The number of thioether (sulfide) groups is 1. The largest absolute Gasteiger partial charge is 0.388 e. The molecular weight excluding hydrogens is 267 g/mol. The summed E-state index contributed by atoms with van der Waals surface area (Å²) in [6.07, 6.45) is 1.91. The zero-order chi connectivity index (χ0) is 14.3. The number of hydrogen-bond acceptors (Lipinski definition) is 4. The van der Waals surface area contributed by atoms with E-state index in [4.69, 9.17) is 0 Å². The highest BCUT2D eigenvalue weighted by Crippen LogP contribution is 2.09. The maximum absolute atomic E-state index is 12.7. The van der Waals surface area contributed by atoms with Crippen LogP contribution in [0.25, 0.3) is 0 Å². The minimum Gasteiger partial charge on any atom is -0.388 e. The van der Waals surface area contributed by atoms with Crippen LogP contribution in [-0.4, -0.2) is 41.7 Å². The first-order chi connectivity index (χ1) is 8.93. The third kappa shape index (κ3) is 6.56. The van der Waals surface area contributed by atoms with Gasteiger partial charge in [-0.1, -0.05) is 0 Å². The zero-order valence-corrected chi connectivity index (χ0v) is 11.9. The van der Waals surface area contributed by atoms with Gasteiger partial charge in [-0.3, -0.25) is 4.79 Å². The Hall–Kier alpha value is -1.11. The van der Waals surface area contributed by atoms with Crippen LogP contribution >= 0.6 is 11.8 Å².